The molecule has 0 spiro atoms. The average molecular weight is 577 g/mol. The van der Waals surface area contributed by atoms with Gasteiger partial charge < -0.3 is 4.42 Å². The van der Waals surface area contributed by atoms with E-state index < -0.39 is 0 Å². The van der Waals surface area contributed by atoms with Crippen molar-refractivity contribution in [3.63, 3.8) is 0 Å². The number of hydrogen-bond acceptors (Lipinski definition) is 5. The van der Waals surface area contributed by atoms with Crippen molar-refractivity contribution >= 4 is 43.7 Å². The number of benzene rings is 5. The monoisotopic (exact) mass is 576 g/mol. The van der Waals surface area contributed by atoms with Gasteiger partial charge >= 0.3 is 0 Å². The van der Waals surface area contributed by atoms with Crippen LogP contribution < -0.4 is 0 Å². The van der Waals surface area contributed by atoms with Crippen LogP contribution in [-0.4, -0.2) is 19.9 Å². The minimum Gasteiger partial charge on any atom is -0.452 e. The fourth-order valence-electron chi connectivity index (χ4n) is 6.19. The van der Waals surface area contributed by atoms with E-state index in [9.17, 15) is 0 Å². The van der Waals surface area contributed by atoms with Crippen LogP contribution in [-0.2, 0) is 0 Å². The summed E-state index contributed by atoms with van der Waals surface area (Å²) in [6.45, 7) is 0. The third kappa shape index (κ3) is 4.25. The molecule has 0 fully saturated rings. The zero-order valence-corrected chi connectivity index (χ0v) is 24.1. The molecule has 0 amide bonds. The molecule has 5 heteroatoms. The summed E-state index contributed by atoms with van der Waals surface area (Å²) in [4.78, 5) is 20.0. The summed E-state index contributed by atoms with van der Waals surface area (Å²) in [5.74, 6) is 0.645. The van der Waals surface area contributed by atoms with Crippen molar-refractivity contribution < 1.29 is 4.42 Å². The Balaban J connectivity index is 1.19. The van der Waals surface area contributed by atoms with E-state index in [1.54, 1.807) is 0 Å². The fourth-order valence-corrected chi connectivity index (χ4v) is 6.19. The first kappa shape index (κ1) is 25.3. The Morgan fingerprint density at radius 1 is 0.444 bits per heavy atom. The van der Waals surface area contributed by atoms with Crippen LogP contribution in [0.15, 0.2) is 150 Å². The lowest BCUT2D eigenvalue weighted by Gasteiger charge is -2.11. The van der Waals surface area contributed by atoms with E-state index in [1.165, 1.54) is 5.39 Å². The van der Waals surface area contributed by atoms with Gasteiger partial charge in [0.05, 0.1) is 16.9 Å². The molecule has 0 saturated heterocycles. The molecule has 5 aromatic carbocycles. The number of rotatable bonds is 4. The number of nitrogens with zero attached hydrogens (tertiary/aromatic N) is 4. The second kappa shape index (κ2) is 10.2. The Hall–Kier alpha value is -6.20. The molecule has 4 aromatic heterocycles. The van der Waals surface area contributed by atoms with Gasteiger partial charge in [0.25, 0.3) is 0 Å². The first-order valence-electron chi connectivity index (χ1n) is 14.9. The highest BCUT2D eigenvalue weighted by Crippen LogP contribution is 2.37. The van der Waals surface area contributed by atoms with Crippen LogP contribution in [0.3, 0.4) is 0 Å². The zero-order chi connectivity index (χ0) is 29.7. The first-order chi connectivity index (χ1) is 22.3. The highest BCUT2D eigenvalue weighted by molar-refractivity contribution is 6.11. The van der Waals surface area contributed by atoms with Crippen molar-refractivity contribution in [1.82, 2.24) is 19.9 Å². The second-order valence-electron chi connectivity index (χ2n) is 11.1. The quantitative estimate of drug-likeness (QED) is 0.195. The second-order valence-corrected chi connectivity index (χ2v) is 11.1. The predicted molar refractivity (Wildman–Crippen MR) is 182 cm³/mol. The van der Waals surface area contributed by atoms with Gasteiger partial charge in [0, 0.05) is 33.5 Å². The van der Waals surface area contributed by atoms with E-state index in [0.29, 0.717) is 11.4 Å². The standard InChI is InChI=1S/C40H24N4O/c1-2-11-25(12-3-1)36-39-38(32-18-7-9-20-35(32)45-39)44-40(43-36)28-14-10-13-26(23-28)27-21-22-41-34(24-27)37-31-17-5-4-15-29(31)30-16-6-8-19-33(30)42-37/h1-24H. The molecule has 210 valence electrons. The summed E-state index contributed by atoms with van der Waals surface area (Å²) in [5.41, 5.74) is 9.71. The van der Waals surface area contributed by atoms with Gasteiger partial charge in [-0.2, -0.15) is 0 Å². The summed E-state index contributed by atoms with van der Waals surface area (Å²) in [7, 11) is 0. The van der Waals surface area contributed by atoms with Crippen molar-refractivity contribution in [1.29, 1.82) is 0 Å². The number of fused-ring (bicyclic) bond motifs is 6. The lowest BCUT2D eigenvalue weighted by molar-refractivity contribution is 0.667. The Kier molecular flexibility index (Phi) is 5.74. The van der Waals surface area contributed by atoms with Crippen LogP contribution in [0.1, 0.15) is 0 Å². The Morgan fingerprint density at radius 3 is 2.02 bits per heavy atom. The predicted octanol–water partition coefficient (Wildman–Crippen LogP) is 10.1. The summed E-state index contributed by atoms with van der Waals surface area (Å²) >= 11 is 0. The van der Waals surface area contributed by atoms with Crippen LogP contribution >= 0.6 is 0 Å². The highest BCUT2D eigenvalue weighted by Gasteiger charge is 2.18. The third-order valence-electron chi connectivity index (χ3n) is 8.33. The molecular formula is C40H24N4O. The molecule has 0 N–H and O–H groups in total. The maximum Gasteiger partial charge on any atom is 0.180 e. The van der Waals surface area contributed by atoms with Gasteiger partial charge in [-0.25, -0.2) is 15.0 Å². The molecule has 0 atom stereocenters. The Morgan fingerprint density at radius 2 is 1.13 bits per heavy atom. The minimum absolute atomic E-state index is 0.645. The number of para-hydroxylation sites is 2. The molecule has 45 heavy (non-hydrogen) atoms. The highest BCUT2D eigenvalue weighted by atomic mass is 16.3. The van der Waals surface area contributed by atoms with E-state index in [4.69, 9.17) is 24.4 Å². The molecule has 0 unspecified atom stereocenters. The summed E-state index contributed by atoms with van der Waals surface area (Å²) in [6, 6.07) is 47.3. The van der Waals surface area contributed by atoms with Gasteiger partial charge in [-0.15, -0.1) is 0 Å². The minimum atomic E-state index is 0.645. The van der Waals surface area contributed by atoms with Gasteiger partial charge in [-0.1, -0.05) is 103 Å². The van der Waals surface area contributed by atoms with Crippen molar-refractivity contribution in [3.05, 3.63) is 146 Å². The molecule has 4 heterocycles. The first-order valence-corrected chi connectivity index (χ1v) is 14.9. The maximum absolute atomic E-state index is 6.30. The zero-order valence-electron chi connectivity index (χ0n) is 24.1. The van der Waals surface area contributed by atoms with Crippen molar-refractivity contribution in [3.8, 4) is 45.2 Å². The molecule has 0 saturated carbocycles. The molecule has 0 aliphatic rings. The fraction of sp³-hybridized carbons (Fsp3) is 0. The molecule has 9 aromatic rings. The molecule has 9 rings (SSSR count). The topological polar surface area (TPSA) is 64.7 Å². The molecule has 5 nitrogen and oxygen atoms in total. The van der Waals surface area contributed by atoms with E-state index >= 15 is 0 Å². The van der Waals surface area contributed by atoms with E-state index in [1.807, 2.05) is 60.8 Å². The van der Waals surface area contributed by atoms with Gasteiger partial charge in [-0.3, -0.25) is 4.98 Å². The van der Waals surface area contributed by atoms with E-state index in [-0.39, 0.29) is 0 Å². The van der Waals surface area contributed by atoms with Crippen LogP contribution in [0.5, 0.6) is 0 Å². The van der Waals surface area contributed by atoms with Gasteiger partial charge in [-0.05, 0) is 52.9 Å². The molecule has 0 aliphatic heterocycles. The van der Waals surface area contributed by atoms with Crippen molar-refractivity contribution in [2.45, 2.75) is 0 Å². The van der Waals surface area contributed by atoms with Gasteiger partial charge in [0.1, 0.15) is 16.8 Å². The Labute approximate surface area is 258 Å². The summed E-state index contributed by atoms with van der Waals surface area (Å²) in [6.07, 6.45) is 1.86. The summed E-state index contributed by atoms with van der Waals surface area (Å²) in [5, 5.41) is 4.36. The smallest absolute Gasteiger partial charge is 0.180 e. The number of pyridine rings is 2. The summed E-state index contributed by atoms with van der Waals surface area (Å²) < 4.78 is 6.30. The molecule has 0 radical (unpaired) electrons. The normalized spacial score (nSPS) is 11.6. The van der Waals surface area contributed by atoms with Gasteiger partial charge in [0.15, 0.2) is 11.4 Å². The lowest BCUT2D eigenvalue weighted by Crippen LogP contribution is -1.94. The number of furan rings is 1. The maximum atomic E-state index is 6.30. The third-order valence-corrected chi connectivity index (χ3v) is 8.33. The molecule has 0 bridgehead atoms. The Bertz CT molecular complexity index is 2550. The number of hydrogen-bond donors (Lipinski definition) is 0. The van der Waals surface area contributed by atoms with Crippen LogP contribution in [0.25, 0.3) is 88.9 Å². The lowest BCUT2D eigenvalue weighted by atomic mass is 9.99. The number of aromatic nitrogens is 4. The van der Waals surface area contributed by atoms with E-state index in [2.05, 4.69) is 84.9 Å². The van der Waals surface area contributed by atoms with Crippen LogP contribution in [0, 0.1) is 0 Å². The van der Waals surface area contributed by atoms with E-state index in [0.717, 1.165) is 72.1 Å². The van der Waals surface area contributed by atoms with Crippen molar-refractivity contribution in [2.24, 2.45) is 0 Å². The largest absolute Gasteiger partial charge is 0.452 e. The SMILES string of the molecule is c1ccc(-c2nc(-c3cccc(-c4ccnc(-c5nc6ccccc6c6ccccc56)c4)c3)nc3c2oc2ccccc23)cc1. The average Bonchev–Trinajstić information content (AvgIpc) is 3.50. The molecular weight excluding hydrogens is 552 g/mol. The van der Waals surface area contributed by atoms with Crippen LogP contribution in [0.2, 0.25) is 0 Å². The van der Waals surface area contributed by atoms with Crippen molar-refractivity contribution in [2.75, 3.05) is 0 Å². The van der Waals surface area contributed by atoms with Gasteiger partial charge in [0.2, 0.25) is 0 Å². The molecule has 0 aliphatic carbocycles. The van der Waals surface area contributed by atoms with Crippen LogP contribution in [0.4, 0.5) is 0 Å².